The molecular weight excluding hydrogens is 418 g/mol. The van der Waals surface area contributed by atoms with Crippen molar-refractivity contribution in [2.45, 2.75) is 48.0 Å². The maximum absolute atomic E-state index is 4.85. The van der Waals surface area contributed by atoms with Gasteiger partial charge in [0.1, 0.15) is 0 Å². The molecule has 0 fully saturated rings. The number of pyridine rings is 1. The van der Waals surface area contributed by atoms with Crippen LogP contribution in [-0.2, 0) is 6.42 Å². The fourth-order valence-corrected chi connectivity index (χ4v) is 6.06. The molecule has 1 nitrogen and oxygen atoms in total. The van der Waals surface area contributed by atoms with Gasteiger partial charge in [-0.1, -0.05) is 80.4 Å². The van der Waals surface area contributed by atoms with E-state index in [0.717, 1.165) is 12.1 Å². The molecule has 0 N–H and O–H groups in total. The number of benzene rings is 3. The quantitative estimate of drug-likeness (QED) is 0.267. The highest BCUT2D eigenvalue weighted by atomic mass is 32.1. The largest absolute Gasteiger partial charge is 0.256 e. The first-order valence-electron chi connectivity index (χ1n) is 11.7. The summed E-state index contributed by atoms with van der Waals surface area (Å²) in [7, 11) is 0. The van der Waals surface area contributed by atoms with Crippen LogP contribution in [0.15, 0.2) is 66.9 Å². The van der Waals surface area contributed by atoms with Crippen LogP contribution in [0.5, 0.6) is 0 Å². The van der Waals surface area contributed by atoms with E-state index in [1.807, 2.05) is 17.5 Å². The molecule has 2 heteroatoms. The second-order valence-corrected chi connectivity index (χ2v) is 11.7. The predicted molar refractivity (Wildman–Crippen MR) is 145 cm³/mol. The molecule has 0 saturated heterocycles. The molecule has 0 aliphatic heterocycles. The number of thiophene rings is 1. The Kier molecular flexibility index (Phi) is 5.37. The smallest absolute Gasteiger partial charge is 0.0719 e. The van der Waals surface area contributed by atoms with E-state index < -0.39 is 0 Å². The average Bonchev–Trinajstić information content (AvgIpc) is 3.11. The first-order chi connectivity index (χ1) is 15.7. The SMILES string of the molecule is Cc1cc(C)cc(-c2ccc3c(c2)sc2c(-c4cc(CC(C)(C)C)c(C)cn4)cccc23)c1. The number of aromatic nitrogens is 1. The Labute approximate surface area is 201 Å². The van der Waals surface area contributed by atoms with Crippen LogP contribution in [0.1, 0.15) is 43.0 Å². The fourth-order valence-electron chi connectivity index (χ4n) is 4.80. The Morgan fingerprint density at radius 3 is 2.27 bits per heavy atom. The van der Waals surface area contributed by atoms with Gasteiger partial charge in [-0.25, -0.2) is 0 Å². The number of hydrogen-bond acceptors (Lipinski definition) is 2. The lowest BCUT2D eigenvalue weighted by atomic mass is 9.86. The van der Waals surface area contributed by atoms with E-state index in [1.54, 1.807) is 0 Å². The van der Waals surface area contributed by atoms with E-state index in [2.05, 4.69) is 102 Å². The molecule has 0 aliphatic carbocycles. The van der Waals surface area contributed by atoms with Crippen molar-refractivity contribution < 1.29 is 0 Å². The third kappa shape index (κ3) is 4.32. The van der Waals surface area contributed by atoms with Gasteiger partial charge in [0.25, 0.3) is 0 Å². The second-order valence-electron chi connectivity index (χ2n) is 10.6. The molecule has 2 heterocycles. The summed E-state index contributed by atoms with van der Waals surface area (Å²) in [5, 5.41) is 2.64. The van der Waals surface area contributed by atoms with Gasteiger partial charge in [-0.05, 0) is 67.0 Å². The zero-order valence-corrected chi connectivity index (χ0v) is 21.2. The standard InChI is InChI=1S/C31H31NS/c1-19-12-20(2)14-23(13-19)22-10-11-25-26-8-7-9-27(30(26)33-29(25)16-22)28-15-24(17-31(4,5)6)21(3)18-32-28/h7-16,18H,17H2,1-6H3. The van der Waals surface area contributed by atoms with Gasteiger partial charge in [0, 0.05) is 31.9 Å². The van der Waals surface area contributed by atoms with Crippen molar-refractivity contribution in [2.75, 3.05) is 0 Å². The van der Waals surface area contributed by atoms with Gasteiger partial charge in [-0.15, -0.1) is 11.3 Å². The molecule has 0 radical (unpaired) electrons. The van der Waals surface area contributed by atoms with Crippen LogP contribution in [0.4, 0.5) is 0 Å². The van der Waals surface area contributed by atoms with Gasteiger partial charge in [0.2, 0.25) is 0 Å². The minimum absolute atomic E-state index is 0.248. The highest BCUT2D eigenvalue weighted by Gasteiger charge is 2.16. The summed E-state index contributed by atoms with van der Waals surface area (Å²) in [5.41, 5.74) is 10.4. The third-order valence-corrected chi connectivity index (χ3v) is 7.47. The number of nitrogens with zero attached hydrogens (tertiary/aromatic N) is 1. The molecule has 0 unspecified atom stereocenters. The van der Waals surface area contributed by atoms with Crippen molar-refractivity contribution in [3.8, 4) is 22.4 Å². The van der Waals surface area contributed by atoms with Crippen LogP contribution >= 0.6 is 11.3 Å². The summed E-state index contributed by atoms with van der Waals surface area (Å²) < 4.78 is 2.65. The van der Waals surface area contributed by atoms with Crippen molar-refractivity contribution in [3.05, 3.63) is 89.1 Å². The van der Waals surface area contributed by atoms with Crippen LogP contribution in [-0.4, -0.2) is 4.98 Å². The Balaban J connectivity index is 1.65. The number of rotatable bonds is 3. The highest BCUT2D eigenvalue weighted by Crippen LogP contribution is 2.41. The van der Waals surface area contributed by atoms with E-state index in [-0.39, 0.29) is 5.41 Å². The maximum atomic E-state index is 4.85. The molecule has 5 aromatic rings. The molecule has 0 spiro atoms. The van der Waals surface area contributed by atoms with Crippen molar-refractivity contribution in [3.63, 3.8) is 0 Å². The minimum Gasteiger partial charge on any atom is -0.256 e. The van der Waals surface area contributed by atoms with Crippen LogP contribution in [0, 0.1) is 26.2 Å². The first kappa shape index (κ1) is 21.9. The second kappa shape index (κ2) is 8.11. The normalized spacial score (nSPS) is 12.1. The topological polar surface area (TPSA) is 12.9 Å². The molecule has 33 heavy (non-hydrogen) atoms. The lowest BCUT2D eigenvalue weighted by Crippen LogP contribution is -2.10. The molecule has 0 amide bonds. The minimum atomic E-state index is 0.248. The van der Waals surface area contributed by atoms with E-state index in [9.17, 15) is 0 Å². The molecule has 0 atom stereocenters. The van der Waals surface area contributed by atoms with E-state index in [1.165, 1.54) is 59.1 Å². The summed E-state index contributed by atoms with van der Waals surface area (Å²) in [6, 6.07) is 22.6. The predicted octanol–water partition coefficient (Wildman–Crippen LogP) is 9.30. The maximum Gasteiger partial charge on any atom is 0.0719 e. The summed E-state index contributed by atoms with van der Waals surface area (Å²) in [4.78, 5) is 4.85. The third-order valence-electron chi connectivity index (χ3n) is 6.27. The van der Waals surface area contributed by atoms with Crippen LogP contribution in [0.3, 0.4) is 0 Å². The number of hydrogen-bond donors (Lipinski definition) is 0. The fraction of sp³-hybridized carbons (Fsp3) is 0.258. The zero-order chi connectivity index (χ0) is 23.3. The van der Waals surface area contributed by atoms with Crippen LogP contribution < -0.4 is 0 Å². The van der Waals surface area contributed by atoms with Gasteiger partial charge in [0.15, 0.2) is 0 Å². The molecular formula is C31H31NS. The Morgan fingerprint density at radius 2 is 1.55 bits per heavy atom. The van der Waals surface area contributed by atoms with Gasteiger partial charge in [-0.3, -0.25) is 4.98 Å². The van der Waals surface area contributed by atoms with Crippen LogP contribution in [0.25, 0.3) is 42.6 Å². The molecule has 166 valence electrons. The molecule has 3 aromatic carbocycles. The summed E-state index contributed by atoms with van der Waals surface area (Å²) in [6.07, 6.45) is 3.09. The number of aryl methyl sites for hydroxylation is 3. The average molecular weight is 450 g/mol. The van der Waals surface area contributed by atoms with Crippen molar-refractivity contribution in [1.29, 1.82) is 0 Å². The summed E-state index contributed by atoms with van der Waals surface area (Å²) >= 11 is 1.88. The lowest BCUT2D eigenvalue weighted by molar-refractivity contribution is 0.410. The summed E-state index contributed by atoms with van der Waals surface area (Å²) in [6.45, 7) is 13.4. The van der Waals surface area contributed by atoms with Gasteiger partial charge in [0.05, 0.1) is 5.69 Å². The van der Waals surface area contributed by atoms with Gasteiger partial charge < -0.3 is 0 Å². The van der Waals surface area contributed by atoms with Gasteiger partial charge in [-0.2, -0.15) is 0 Å². The van der Waals surface area contributed by atoms with Crippen molar-refractivity contribution in [2.24, 2.45) is 5.41 Å². The summed E-state index contributed by atoms with van der Waals surface area (Å²) in [5.74, 6) is 0. The van der Waals surface area contributed by atoms with Crippen LogP contribution in [0.2, 0.25) is 0 Å². The molecule has 0 saturated carbocycles. The Hall–Kier alpha value is -2.97. The first-order valence-corrected chi connectivity index (χ1v) is 12.5. The van der Waals surface area contributed by atoms with E-state index in [0.29, 0.717) is 0 Å². The number of fused-ring (bicyclic) bond motifs is 3. The molecule has 5 rings (SSSR count). The molecule has 0 bridgehead atoms. The van der Waals surface area contributed by atoms with Crippen molar-refractivity contribution >= 4 is 31.5 Å². The van der Waals surface area contributed by atoms with E-state index in [4.69, 9.17) is 4.98 Å². The van der Waals surface area contributed by atoms with E-state index >= 15 is 0 Å². The molecule has 0 aliphatic rings. The monoisotopic (exact) mass is 449 g/mol. The lowest BCUT2D eigenvalue weighted by Gasteiger charge is -2.20. The Morgan fingerprint density at radius 1 is 0.788 bits per heavy atom. The highest BCUT2D eigenvalue weighted by molar-refractivity contribution is 7.26. The molecule has 2 aromatic heterocycles. The van der Waals surface area contributed by atoms with Gasteiger partial charge >= 0.3 is 0 Å². The van der Waals surface area contributed by atoms with Crippen molar-refractivity contribution in [1.82, 2.24) is 4.98 Å². The zero-order valence-electron chi connectivity index (χ0n) is 20.4. The Bertz CT molecular complexity index is 1480.